The van der Waals surface area contributed by atoms with Crippen molar-refractivity contribution in [3.8, 4) is 11.5 Å². The van der Waals surface area contributed by atoms with Crippen LogP contribution >= 0.6 is 0 Å². The van der Waals surface area contributed by atoms with Gasteiger partial charge in [0, 0.05) is 14.2 Å². The Morgan fingerprint density at radius 3 is 2.15 bits per heavy atom. The molecule has 4 aromatic rings. The lowest BCUT2D eigenvalue weighted by molar-refractivity contribution is -0.107. The third-order valence-corrected chi connectivity index (χ3v) is 7.50. The highest BCUT2D eigenvalue weighted by Gasteiger charge is 2.24. The van der Waals surface area contributed by atoms with E-state index < -0.39 is 0 Å². The highest BCUT2D eigenvalue weighted by Crippen LogP contribution is 2.43. The molecule has 0 bridgehead atoms. The van der Waals surface area contributed by atoms with E-state index in [2.05, 4.69) is 36.4 Å². The van der Waals surface area contributed by atoms with Crippen LogP contribution in [0.25, 0.3) is 11.1 Å². The number of aryl methyl sites for hydroxylation is 1. The molecule has 0 spiro atoms. The maximum atomic E-state index is 15.5. The van der Waals surface area contributed by atoms with Crippen LogP contribution in [0, 0.1) is 5.82 Å². The maximum absolute atomic E-state index is 15.5. The fraction of sp³-hybridized carbons (Fsp3) is 0.278. The van der Waals surface area contributed by atoms with Crippen molar-refractivity contribution in [1.29, 1.82) is 0 Å². The largest absolute Gasteiger partial charge is 0.494 e. The van der Waals surface area contributed by atoms with E-state index >= 15 is 4.39 Å². The van der Waals surface area contributed by atoms with E-state index in [4.69, 9.17) is 18.9 Å². The van der Waals surface area contributed by atoms with Crippen LogP contribution in [0.3, 0.4) is 0 Å². The van der Waals surface area contributed by atoms with Crippen molar-refractivity contribution in [2.75, 3.05) is 20.8 Å². The quantitative estimate of drug-likeness (QED) is 0.123. The first-order valence-corrected chi connectivity index (χ1v) is 14.2. The number of unbranched alkanes of at least 4 members (excludes halogenated alkanes) is 1. The van der Waals surface area contributed by atoms with Gasteiger partial charge in [0.15, 0.2) is 17.9 Å². The van der Waals surface area contributed by atoms with E-state index in [0.29, 0.717) is 19.0 Å². The Hall–Kier alpha value is -3.93. The number of ether oxygens (including phenoxy) is 4. The van der Waals surface area contributed by atoms with Crippen molar-refractivity contribution in [3.63, 3.8) is 0 Å². The maximum Gasteiger partial charge on any atom is 0.165 e. The zero-order chi connectivity index (χ0) is 28.4. The molecule has 0 saturated carbocycles. The van der Waals surface area contributed by atoms with Gasteiger partial charge in [0.1, 0.15) is 12.4 Å². The number of benzene rings is 4. The standard InChI is InChI=1S/C36H37FO4/c1-38-35(39-2)15-9-10-22-40-30-19-16-28(17-20-30)36-31(27-13-7-4-8-14-27)21-18-29-23-34(33(37)24-32(29)36)41-25-26-11-5-3-6-12-26/h3-8,11-14,16-17,19-20,23-24,35H,9-10,15,18,21-22,25H2,1-2H3. The second-order valence-electron chi connectivity index (χ2n) is 10.2. The van der Waals surface area contributed by atoms with Crippen molar-refractivity contribution >= 4 is 11.1 Å². The number of fused-ring (bicyclic) bond motifs is 1. The molecule has 0 radical (unpaired) electrons. The highest BCUT2D eigenvalue weighted by atomic mass is 19.1. The summed E-state index contributed by atoms with van der Waals surface area (Å²) in [7, 11) is 3.31. The Bertz CT molecular complexity index is 1430. The second kappa shape index (κ2) is 14.1. The molecule has 0 saturated heterocycles. The smallest absolute Gasteiger partial charge is 0.165 e. The van der Waals surface area contributed by atoms with Crippen LogP contribution in [-0.2, 0) is 22.5 Å². The Labute approximate surface area is 242 Å². The summed E-state index contributed by atoms with van der Waals surface area (Å²) in [5.74, 6) is 0.759. The van der Waals surface area contributed by atoms with Gasteiger partial charge in [0.2, 0.25) is 0 Å². The first-order valence-electron chi connectivity index (χ1n) is 14.2. The fourth-order valence-electron chi connectivity index (χ4n) is 5.34. The summed E-state index contributed by atoms with van der Waals surface area (Å²) < 4.78 is 37.9. The van der Waals surface area contributed by atoms with Gasteiger partial charge in [0.05, 0.1) is 6.61 Å². The van der Waals surface area contributed by atoms with Crippen LogP contribution in [0.1, 0.15) is 53.5 Å². The van der Waals surface area contributed by atoms with Crippen molar-refractivity contribution < 1.29 is 23.3 Å². The van der Waals surface area contributed by atoms with Crippen molar-refractivity contribution in [3.05, 3.63) is 131 Å². The van der Waals surface area contributed by atoms with Gasteiger partial charge in [-0.15, -0.1) is 0 Å². The van der Waals surface area contributed by atoms with Crippen LogP contribution in [0.15, 0.2) is 97.1 Å². The summed E-state index contributed by atoms with van der Waals surface area (Å²) in [5, 5.41) is 0. The summed E-state index contributed by atoms with van der Waals surface area (Å²) in [6.45, 7) is 0.951. The van der Waals surface area contributed by atoms with E-state index in [0.717, 1.165) is 71.2 Å². The zero-order valence-corrected chi connectivity index (χ0v) is 23.8. The summed E-state index contributed by atoms with van der Waals surface area (Å²) in [4.78, 5) is 0. The number of allylic oxidation sites excluding steroid dienone is 1. The number of hydrogen-bond donors (Lipinski definition) is 0. The predicted octanol–water partition coefficient (Wildman–Crippen LogP) is 8.48. The average Bonchev–Trinajstić information content (AvgIpc) is 3.02. The minimum atomic E-state index is -0.351. The summed E-state index contributed by atoms with van der Waals surface area (Å²) >= 11 is 0. The fourth-order valence-corrected chi connectivity index (χ4v) is 5.34. The van der Waals surface area contributed by atoms with Gasteiger partial charge < -0.3 is 18.9 Å². The molecule has 0 unspecified atom stereocenters. The number of methoxy groups -OCH3 is 2. The molecule has 5 heteroatoms. The lowest BCUT2D eigenvalue weighted by Crippen LogP contribution is -2.12. The molecule has 0 atom stereocenters. The predicted molar refractivity (Wildman–Crippen MR) is 161 cm³/mol. The topological polar surface area (TPSA) is 36.9 Å². The molecule has 41 heavy (non-hydrogen) atoms. The third-order valence-electron chi connectivity index (χ3n) is 7.50. The molecule has 5 rings (SSSR count). The molecule has 0 N–H and O–H groups in total. The van der Waals surface area contributed by atoms with Crippen LogP contribution < -0.4 is 9.47 Å². The van der Waals surface area contributed by atoms with Crippen LogP contribution in [0.4, 0.5) is 4.39 Å². The van der Waals surface area contributed by atoms with Gasteiger partial charge in [0.25, 0.3) is 0 Å². The Kier molecular flexibility index (Phi) is 9.84. The number of hydrogen-bond acceptors (Lipinski definition) is 4. The Morgan fingerprint density at radius 1 is 0.732 bits per heavy atom. The monoisotopic (exact) mass is 552 g/mol. The van der Waals surface area contributed by atoms with E-state index in [1.54, 1.807) is 20.3 Å². The van der Waals surface area contributed by atoms with Crippen molar-refractivity contribution in [2.45, 2.75) is 45.0 Å². The van der Waals surface area contributed by atoms with Crippen LogP contribution in [0.2, 0.25) is 0 Å². The molecule has 0 aliphatic heterocycles. The minimum Gasteiger partial charge on any atom is -0.494 e. The van der Waals surface area contributed by atoms with E-state index in [1.807, 2.05) is 54.6 Å². The molecule has 0 fully saturated rings. The van der Waals surface area contributed by atoms with Crippen molar-refractivity contribution in [1.82, 2.24) is 0 Å². The SMILES string of the molecule is COC(CCCCOc1ccc(C2=C(c3ccccc3)CCc3cc(OCc4ccccc4)c(F)cc32)cc1)OC. The zero-order valence-electron chi connectivity index (χ0n) is 23.8. The third kappa shape index (κ3) is 7.24. The summed E-state index contributed by atoms with van der Waals surface area (Å²) in [6, 6.07) is 31.9. The van der Waals surface area contributed by atoms with Gasteiger partial charge in [-0.2, -0.15) is 0 Å². The first-order chi connectivity index (χ1) is 20.2. The van der Waals surface area contributed by atoms with Gasteiger partial charge in [-0.25, -0.2) is 4.39 Å². The van der Waals surface area contributed by atoms with E-state index in [1.165, 1.54) is 5.57 Å². The number of rotatable bonds is 13. The molecule has 0 heterocycles. The van der Waals surface area contributed by atoms with Gasteiger partial charge in [-0.3, -0.25) is 0 Å². The Balaban J connectivity index is 1.37. The highest BCUT2D eigenvalue weighted by molar-refractivity contribution is 6.00. The van der Waals surface area contributed by atoms with Crippen LogP contribution in [0.5, 0.6) is 11.5 Å². The average molecular weight is 553 g/mol. The van der Waals surface area contributed by atoms with Gasteiger partial charge in [-0.1, -0.05) is 72.8 Å². The van der Waals surface area contributed by atoms with E-state index in [9.17, 15) is 0 Å². The van der Waals surface area contributed by atoms with Crippen LogP contribution in [-0.4, -0.2) is 27.1 Å². The summed E-state index contributed by atoms with van der Waals surface area (Å²) in [6.07, 6.45) is 4.21. The lowest BCUT2D eigenvalue weighted by atomic mass is 9.79. The first kappa shape index (κ1) is 28.6. The molecule has 0 aromatic heterocycles. The molecule has 1 aliphatic rings. The van der Waals surface area contributed by atoms with Gasteiger partial charge in [-0.05, 0) is 95.3 Å². The molecule has 0 amide bonds. The normalized spacial score (nSPS) is 12.9. The molecular formula is C36H37FO4. The minimum absolute atomic E-state index is 0.170. The molecule has 212 valence electrons. The molecular weight excluding hydrogens is 515 g/mol. The molecule has 1 aliphatic carbocycles. The van der Waals surface area contributed by atoms with E-state index in [-0.39, 0.29) is 12.1 Å². The molecule has 4 nitrogen and oxygen atoms in total. The van der Waals surface area contributed by atoms with Crippen molar-refractivity contribution in [2.24, 2.45) is 0 Å². The number of halogens is 1. The lowest BCUT2D eigenvalue weighted by Gasteiger charge is -2.25. The van der Waals surface area contributed by atoms with Gasteiger partial charge >= 0.3 is 0 Å². The molecule has 4 aromatic carbocycles. The summed E-state index contributed by atoms with van der Waals surface area (Å²) in [5.41, 5.74) is 7.49. The second-order valence-corrected chi connectivity index (χ2v) is 10.2. The Morgan fingerprint density at radius 2 is 1.44 bits per heavy atom.